The van der Waals surface area contributed by atoms with E-state index in [4.69, 9.17) is 0 Å². The summed E-state index contributed by atoms with van der Waals surface area (Å²) in [5.41, 5.74) is 2.25. The molecule has 0 fully saturated rings. The third kappa shape index (κ3) is 7.56. The van der Waals surface area contributed by atoms with Crippen molar-refractivity contribution in [2.75, 3.05) is 0 Å². The predicted octanol–water partition coefficient (Wildman–Crippen LogP) is 3.00. The predicted molar refractivity (Wildman–Crippen MR) is 79.5 cm³/mol. The molecule has 0 radical (unpaired) electrons. The summed E-state index contributed by atoms with van der Waals surface area (Å²) in [5.74, 6) is -0.138. The van der Waals surface area contributed by atoms with Gasteiger partial charge >= 0.3 is 0 Å². The number of carbonyl (C=O) groups excluding carboxylic acids is 4. The molecule has 0 atom stereocenters. The zero-order valence-electron chi connectivity index (χ0n) is 13.6. The highest BCUT2D eigenvalue weighted by Gasteiger charge is 2.05. The van der Waals surface area contributed by atoms with E-state index < -0.39 is 0 Å². The summed E-state index contributed by atoms with van der Waals surface area (Å²) in [6, 6.07) is 0. The van der Waals surface area contributed by atoms with Crippen molar-refractivity contribution in [3.05, 3.63) is 22.3 Å². The molecule has 0 saturated heterocycles. The van der Waals surface area contributed by atoms with Crippen LogP contribution in [0.5, 0.6) is 0 Å². The van der Waals surface area contributed by atoms with E-state index in [1.54, 1.807) is 27.7 Å². The molecule has 0 aromatic rings. The molecule has 20 heavy (non-hydrogen) atoms. The van der Waals surface area contributed by atoms with Crippen LogP contribution in [0, 0.1) is 0 Å². The molecule has 4 nitrogen and oxygen atoms in total. The lowest BCUT2D eigenvalue weighted by atomic mass is 10.1. The van der Waals surface area contributed by atoms with E-state index in [2.05, 4.69) is 0 Å². The van der Waals surface area contributed by atoms with Gasteiger partial charge in [-0.3, -0.25) is 19.2 Å². The van der Waals surface area contributed by atoms with Crippen LogP contribution in [0.3, 0.4) is 0 Å². The van der Waals surface area contributed by atoms with Gasteiger partial charge in [0.2, 0.25) is 0 Å². The Morgan fingerprint density at radius 3 is 0.500 bits per heavy atom. The van der Waals surface area contributed by atoms with Gasteiger partial charge in [0.1, 0.15) is 0 Å². The van der Waals surface area contributed by atoms with Crippen molar-refractivity contribution in [2.45, 2.75) is 55.4 Å². The third-order valence-corrected chi connectivity index (χ3v) is 3.24. The van der Waals surface area contributed by atoms with Gasteiger partial charge in [0.25, 0.3) is 0 Å². The van der Waals surface area contributed by atoms with Crippen LogP contribution >= 0.6 is 0 Å². The Morgan fingerprint density at radius 1 is 0.350 bits per heavy atom. The average Bonchev–Trinajstić information content (AvgIpc) is 2.35. The summed E-state index contributed by atoms with van der Waals surface area (Å²) in [7, 11) is 0. The largest absolute Gasteiger partial charge is 0.295 e. The van der Waals surface area contributed by atoms with E-state index in [1.807, 2.05) is 0 Å². The molecule has 0 rings (SSSR count). The smallest absolute Gasteiger partial charge is 0.155 e. The van der Waals surface area contributed by atoms with Gasteiger partial charge in [0.15, 0.2) is 23.1 Å². The molecule has 0 aromatic heterocycles. The molecule has 0 saturated carbocycles. The molecule has 0 aliphatic heterocycles. The molecule has 0 unspecified atom stereocenters. The quantitative estimate of drug-likeness (QED) is 0.742. The second kappa shape index (κ2) is 9.13. The van der Waals surface area contributed by atoms with Gasteiger partial charge in [-0.1, -0.05) is 0 Å². The molecular formula is C16H24O4. The molecular weight excluding hydrogens is 256 g/mol. The second-order valence-electron chi connectivity index (χ2n) is 4.72. The Morgan fingerprint density at radius 2 is 0.450 bits per heavy atom. The number of allylic oxidation sites excluding steroid dienone is 4. The number of hydrogen-bond acceptors (Lipinski definition) is 4. The van der Waals surface area contributed by atoms with Crippen molar-refractivity contribution < 1.29 is 19.2 Å². The van der Waals surface area contributed by atoms with Crippen LogP contribution in [0.15, 0.2) is 22.3 Å². The molecule has 0 aliphatic rings. The normalized spacial score (nSPS) is 12.4. The minimum absolute atomic E-state index is 0.0345. The summed E-state index contributed by atoms with van der Waals surface area (Å²) >= 11 is 0. The van der Waals surface area contributed by atoms with Gasteiger partial charge in [-0.25, -0.2) is 0 Å². The van der Waals surface area contributed by atoms with Crippen LogP contribution in [-0.4, -0.2) is 23.1 Å². The van der Waals surface area contributed by atoms with Crippen LogP contribution in [0.2, 0.25) is 0 Å². The first kappa shape index (κ1) is 20.5. The highest BCUT2D eigenvalue weighted by Crippen LogP contribution is 2.05. The zero-order chi connectivity index (χ0) is 16.6. The Bertz CT molecular complexity index is 401. The van der Waals surface area contributed by atoms with Crippen LogP contribution in [0.4, 0.5) is 0 Å². The summed E-state index contributed by atoms with van der Waals surface area (Å²) in [5, 5.41) is 0. The maximum Gasteiger partial charge on any atom is 0.155 e. The van der Waals surface area contributed by atoms with Crippen molar-refractivity contribution in [1.82, 2.24) is 0 Å². The minimum Gasteiger partial charge on any atom is -0.295 e. The van der Waals surface area contributed by atoms with Crippen LogP contribution in [0.25, 0.3) is 0 Å². The lowest BCUT2D eigenvalue weighted by Gasteiger charge is -1.98. The standard InChI is InChI=1S/2C8H12O2/c2*1-5(7(3)9)6(2)8(4)10/h2*1-4H3/b6-5+;6-5-. The Balaban J connectivity index is 0. The topological polar surface area (TPSA) is 68.3 Å². The fraction of sp³-hybridized carbons (Fsp3) is 0.500. The van der Waals surface area contributed by atoms with E-state index in [0.29, 0.717) is 22.3 Å². The van der Waals surface area contributed by atoms with Crippen molar-refractivity contribution in [2.24, 2.45) is 0 Å². The van der Waals surface area contributed by atoms with Crippen molar-refractivity contribution in [3.8, 4) is 0 Å². The van der Waals surface area contributed by atoms with Crippen LogP contribution in [0.1, 0.15) is 55.4 Å². The number of carbonyl (C=O) groups is 4. The Labute approximate surface area is 120 Å². The van der Waals surface area contributed by atoms with Gasteiger partial charge < -0.3 is 0 Å². The summed E-state index contributed by atoms with van der Waals surface area (Å²) in [6.07, 6.45) is 0. The first-order valence-electron chi connectivity index (χ1n) is 6.32. The fourth-order valence-electron chi connectivity index (χ4n) is 1.06. The molecule has 0 amide bonds. The molecule has 0 aliphatic carbocycles. The van der Waals surface area contributed by atoms with E-state index >= 15 is 0 Å². The lowest BCUT2D eigenvalue weighted by Crippen LogP contribution is -2.01. The maximum absolute atomic E-state index is 10.7. The van der Waals surface area contributed by atoms with Crippen LogP contribution in [-0.2, 0) is 19.2 Å². The summed E-state index contributed by atoms with van der Waals surface area (Å²) in [6.45, 7) is 12.5. The number of ketones is 4. The highest BCUT2D eigenvalue weighted by atomic mass is 16.1. The SMILES string of the molecule is CC(=O)/C(C)=C(/C)C(C)=O.CC(=O)/C(C)=C(\C)C(C)=O. The zero-order valence-corrected chi connectivity index (χ0v) is 13.6. The first-order valence-corrected chi connectivity index (χ1v) is 6.32. The van der Waals surface area contributed by atoms with Crippen molar-refractivity contribution >= 4 is 23.1 Å². The molecule has 0 heterocycles. The molecule has 4 heteroatoms. The number of hydrogen-bond donors (Lipinski definition) is 0. The fourth-order valence-corrected chi connectivity index (χ4v) is 1.06. The van der Waals surface area contributed by atoms with Gasteiger partial charge in [0, 0.05) is 0 Å². The van der Waals surface area contributed by atoms with Gasteiger partial charge in [0.05, 0.1) is 0 Å². The van der Waals surface area contributed by atoms with Gasteiger partial charge in [-0.15, -0.1) is 0 Å². The molecule has 0 spiro atoms. The highest BCUT2D eigenvalue weighted by molar-refractivity contribution is 6.04. The van der Waals surface area contributed by atoms with Crippen molar-refractivity contribution in [3.63, 3.8) is 0 Å². The Hall–Kier alpha value is -1.84. The molecule has 0 aromatic carbocycles. The molecule has 0 bridgehead atoms. The van der Waals surface area contributed by atoms with Gasteiger partial charge in [-0.2, -0.15) is 0 Å². The minimum atomic E-state index is -0.0345. The Kier molecular flexibility index (Phi) is 9.34. The van der Waals surface area contributed by atoms with Crippen molar-refractivity contribution in [1.29, 1.82) is 0 Å². The first-order chi connectivity index (χ1) is 8.93. The third-order valence-electron chi connectivity index (χ3n) is 3.24. The van der Waals surface area contributed by atoms with Gasteiger partial charge in [-0.05, 0) is 77.7 Å². The monoisotopic (exact) mass is 280 g/mol. The molecule has 112 valence electrons. The summed E-state index contributed by atoms with van der Waals surface area (Å²) in [4.78, 5) is 42.7. The van der Waals surface area contributed by atoms with E-state index in [9.17, 15) is 19.2 Å². The van der Waals surface area contributed by atoms with E-state index in [-0.39, 0.29) is 23.1 Å². The van der Waals surface area contributed by atoms with E-state index in [1.165, 1.54) is 27.7 Å². The lowest BCUT2D eigenvalue weighted by molar-refractivity contribution is -0.116. The van der Waals surface area contributed by atoms with E-state index in [0.717, 1.165) is 0 Å². The average molecular weight is 280 g/mol. The summed E-state index contributed by atoms with van der Waals surface area (Å²) < 4.78 is 0. The van der Waals surface area contributed by atoms with Crippen LogP contribution < -0.4 is 0 Å². The number of Topliss-reactive ketones (excluding diaryl/α,β-unsaturated/α-hetero) is 4. The maximum atomic E-state index is 10.7. The number of rotatable bonds is 4. The second-order valence-corrected chi connectivity index (χ2v) is 4.72. The molecule has 0 N–H and O–H groups in total.